The van der Waals surface area contributed by atoms with Crippen molar-refractivity contribution in [3.05, 3.63) is 96.8 Å². The highest BCUT2D eigenvalue weighted by Gasteiger charge is 2.33. The van der Waals surface area contributed by atoms with Gasteiger partial charge in [0.05, 0.1) is 12.5 Å². The number of furan rings is 2. The molecule has 0 bridgehead atoms. The van der Waals surface area contributed by atoms with E-state index in [1.807, 2.05) is 0 Å². The second-order valence-corrected chi connectivity index (χ2v) is 12.1. The lowest BCUT2D eigenvalue weighted by atomic mass is 10.1. The van der Waals surface area contributed by atoms with E-state index in [0.717, 1.165) is 25.7 Å². The highest BCUT2D eigenvalue weighted by molar-refractivity contribution is 5.95. The van der Waals surface area contributed by atoms with Gasteiger partial charge < -0.3 is 33.7 Å². The smallest absolute Gasteiger partial charge is 0.289 e. The first-order chi connectivity index (χ1) is 23.9. The van der Waals surface area contributed by atoms with Crippen LogP contribution in [0.15, 0.2) is 98.6 Å². The summed E-state index contributed by atoms with van der Waals surface area (Å²) in [6.45, 7) is 1.19. The zero-order chi connectivity index (χ0) is 33.7. The third kappa shape index (κ3) is 7.15. The highest BCUT2D eigenvalue weighted by Crippen LogP contribution is 2.28. The number of anilines is 2. The molecule has 7 rings (SSSR count). The van der Waals surface area contributed by atoms with Crippen molar-refractivity contribution in [2.24, 2.45) is 0 Å². The Morgan fingerprint density at radius 1 is 0.633 bits per heavy atom. The van der Waals surface area contributed by atoms with Gasteiger partial charge in [0, 0.05) is 60.5 Å². The number of benzene rings is 2. The third-order valence-corrected chi connectivity index (χ3v) is 8.84. The molecule has 2 aliphatic rings. The minimum absolute atomic E-state index is 0.183. The number of nitrogens with one attached hydrogen (secondary N) is 2. The molecule has 0 radical (unpaired) electrons. The second kappa shape index (κ2) is 14.0. The molecule has 0 spiro atoms. The summed E-state index contributed by atoms with van der Waals surface area (Å²) < 4.78 is 16.4. The Balaban J connectivity index is 0.908. The van der Waals surface area contributed by atoms with E-state index in [4.69, 9.17) is 13.3 Å². The molecule has 250 valence electrons. The molecule has 13 nitrogen and oxygen atoms in total. The molecule has 13 heteroatoms. The van der Waals surface area contributed by atoms with Crippen molar-refractivity contribution in [3.8, 4) is 22.9 Å². The van der Waals surface area contributed by atoms with Crippen LogP contribution in [0.3, 0.4) is 0 Å². The minimum atomic E-state index is -0.199. The van der Waals surface area contributed by atoms with Crippen LogP contribution in [0.5, 0.6) is 0 Å². The van der Waals surface area contributed by atoms with E-state index in [1.165, 1.54) is 12.5 Å². The third-order valence-electron chi connectivity index (χ3n) is 8.84. The second-order valence-electron chi connectivity index (χ2n) is 12.1. The van der Waals surface area contributed by atoms with Gasteiger partial charge in [0.1, 0.15) is 0 Å². The molecule has 2 fully saturated rings. The molecule has 3 aromatic heterocycles. The molecule has 2 atom stereocenters. The van der Waals surface area contributed by atoms with Crippen LogP contribution in [0.2, 0.25) is 0 Å². The molecular weight excluding hydrogens is 628 g/mol. The highest BCUT2D eigenvalue weighted by atomic mass is 16.4. The first-order valence-corrected chi connectivity index (χ1v) is 16.2. The molecule has 0 aliphatic carbocycles. The molecule has 2 aliphatic heterocycles. The summed E-state index contributed by atoms with van der Waals surface area (Å²) >= 11 is 0. The molecule has 2 unspecified atom stereocenters. The zero-order valence-corrected chi connectivity index (χ0v) is 26.5. The van der Waals surface area contributed by atoms with Gasteiger partial charge in [-0.15, -0.1) is 10.2 Å². The SMILES string of the molecule is O=C(CC1CCCN1C(=O)c1ccco1)Nc1ccc(-c2nnc(-c3ccc(NC(=O)CC4CCCN4C(=O)c4ccco4)cc3)o2)cc1. The van der Waals surface area contributed by atoms with Crippen molar-refractivity contribution < 1.29 is 32.4 Å². The monoisotopic (exact) mass is 662 g/mol. The van der Waals surface area contributed by atoms with Crippen molar-refractivity contribution in [2.75, 3.05) is 23.7 Å². The van der Waals surface area contributed by atoms with Crippen molar-refractivity contribution in [1.82, 2.24) is 20.0 Å². The van der Waals surface area contributed by atoms with Crippen LogP contribution in [0.4, 0.5) is 11.4 Å². The first kappa shape index (κ1) is 31.6. The van der Waals surface area contributed by atoms with Gasteiger partial charge in [-0.05, 0) is 98.5 Å². The summed E-state index contributed by atoms with van der Waals surface area (Å²) in [6.07, 6.45) is 6.50. The maximum Gasteiger partial charge on any atom is 0.289 e. The molecular formula is C36H34N6O7. The standard InChI is InChI=1S/C36H34N6O7/c43-31(21-27-5-1-17-41(27)35(45)29-7-3-19-47-29)37-25-13-9-23(10-14-25)33-39-40-34(49-33)24-11-15-26(16-12-24)38-32(44)22-28-6-2-18-42(28)36(46)30-8-4-20-48-30/h3-4,7-16,19-20,27-28H,1-2,5-6,17-18,21-22H2,(H,37,43)(H,38,44). The summed E-state index contributed by atoms with van der Waals surface area (Å²) in [7, 11) is 0. The molecule has 0 saturated carbocycles. The van der Waals surface area contributed by atoms with E-state index < -0.39 is 0 Å². The lowest BCUT2D eigenvalue weighted by Crippen LogP contribution is -2.37. The Bertz CT molecular complexity index is 1780. The van der Waals surface area contributed by atoms with Gasteiger partial charge in [0.25, 0.3) is 11.8 Å². The van der Waals surface area contributed by atoms with Crippen LogP contribution in [0, 0.1) is 0 Å². The average molecular weight is 663 g/mol. The maximum atomic E-state index is 12.8. The van der Waals surface area contributed by atoms with Gasteiger partial charge in [-0.2, -0.15) is 0 Å². The minimum Gasteiger partial charge on any atom is -0.459 e. The maximum absolute atomic E-state index is 12.8. The van der Waals surface area contributed by atoms with Crippen LogP contribution in [-0.2, 0) is 9.59 Å². The fourth-order valence-corrected chi connectivity index (χ4v) is 6.42. The van der Waals surface area contributed by atoms with E-state index in [1.54, 1.807) is 82.6 Å². The average Bonchev–Trinajstić information content (AvgIpc) is 3.95. The van der Waals surface area contributed by atoms with Crippen LogP contribution in [0.25, 0.3) is 22.9 Å². The van der Waals surface area contributed by atoms with E-state index >= 15 is 0 Å². The van der Waals surface area contributed by atoms with E-state index in [0.29, 0.717) is 47.4 Å². The molecule has 4 amide bonds. The van der Waals surface area contributed by atoms with Gasteiger partial charge in [-0.3, -0.25) is 19.2 Å². The van der Waals surface area contributed by atoms with Gasteiger partial charge in [0.15, 0.2) is 11.5 Å². The molecule has 49 heavy (non-hydrogen) atoms. The number of aromatic nitrogens is 2. The number of rotatable bonds is 10. The first-order valence-electron chi connectivity index (χ1n) is 16.2. The fraction of sp³-hybridized carbons (Fsp3) is 0.278. The van der Waals surface area contributed by atoms with Crippen LogP contribution in [-0.4, -0.2) is 68.8 Å². The van der Waals surface area contributed by atoms with Gasteiger partial charge in [-0.1, -0.05) is 0 Å². The fourth-order valence-electron chi connectivity index (χ4n) is 6.42. The topological polar surface area (TPSA) is 164 Å². The van der Waals surface area contributed by atoms with Crippen molar-refractivity contribution >= 4 is 35.0 Å². The molecule has 2 saturated heterocycles. The lowest BCUT2D eigenvalue weighted by molar-refractivity contribution is -0.117. The van der Waals surface area contributed by atoms with E-state index in [-0.39, 0.29) is 60.1 Å². The lowest BCUT2D eigenvalue weighted by Gasteiger charge is -2.23. The van der Waals surface area contributed by atoms with Gasteiger partial charge in [-0.25, -0.2) is 0 Å². The van der Waals surface area contributed by atoms with Crippen molar-refractivity contribution in [3.63, 3.8) is 0 Å². The predicted octanol–water partition coefficient (Wildman–Crippen LogP) is 5.86. The Labute approximate surface area is 281 Å². The number of carbonyl (C=O) groups is 4. The van der Waals surface area contributed by atoms with Gasteiger partial charge >= 0.3 is 0 Å². The molecule has 5 heterocycles. The molecule has 2 N–H and O–H groups in total. The van der Waals surface area contributed by atoms with E-state index in [9.17, 15) is 19.2 Å². The normalized spacial score (nSPS) is 17.3. The van der Waals surface area contributed by atoms with Gasteiger partial charge in [0.2, 0.25) is 23.6 Å². The number of carbonyl (C=O) groups excluding carboxylic acids is 4. The Morgan fingerprint density at radius 2 is 1.06 bits per heavy atom. The van der Waals surface area contributed by atoms with Crippen LogP contribution in [0.1, 0.15) is 59.6 Å². The molecule has 5 aromatic rings. The quantitative estimate of drug-likeness (QED) is 0.187. The van der Waals surface area contributed by atoms with Crippen molar-refractivity contribution in [2.45, 2.75) is 50.6 Å². The summed E-state index contributed by atoms with van der Waals surface area (Å²) in [6, 6.07) is 20.4. The largest absolute Gasteiger partial charge is 0.459 e. The molecule has 2 aromatic carbocycles. The zero-order valence-electron chi connectivity index (χ0n) is 26.5. The number of nitrogens with zero attached hydrogens (tertiary/aromatic N) is 4. The Hall–Kier alpha value is -5.98. The number of hydrogen-bond donors (Lipinski definition) is 2. The number of hydrogen-bond acceptors (Lipinski definition) is 9. The van der Waals surface area contributed by atoms with Crippen molar-refractivity contribution in [1.29, 1.82) is 0 Å². The summed E-state index contributed by atoms with van der Waals surface area (Å²) in [4.78, 5) is 54.5. The number of likely N-dealkylation sites (tertiary alicyclic amines) is 2. The van der Waals surface area contributed by atoms with E-state index in [2.05, 4.69) is 20.8 Å². The summed E-state index contributed by atoms with van der Waals surface area (Å²) in [5.41, 5.74) is 2.58. The number of amides is 4. The Morgan fingerprint density at radius 3 is 1.45 bits per heavy atom. The van der Waals surface area contributed by atoms with Crippen LogP contribution >= 0.6 is 0 Å². The predicted molar refractivity (Wildman–Crippen MR) is 177 cm³/mol. The summed E-state index contributed by atoms with van der Waals surface area (Å²) in [5.74, 6) is 0.414. The Kier molecular flexibility index (Phi) is 9.04. The van der Waals surface area contributed by atoms with Crippen LogP contribution < -0.4 is 10.6 Å². The summed E-state index contributed by atoms with van der Waals surface area (Å²) in [5, 5.41) is 14.2.